The number of amides is 1. The first kappa shape index (κ1) is 18.1. The highest BCUT2D eigenvalue weighted by Gasteiger charge is 2.25. The Hall–Kier alpha value is -2.94. The molecule has 4 heterocycles. The summed E-state index contributed by atoms with van der Waals surface area (Å²) in [6, 6.07) is 9.66. The Kier molecular flexibility index (Phi) is 4.89. The van der Waals surface area contributed by atoms with Gasteiger partial charge in [0.2, 0.25) is 18.5 Å². The van der Waals surface area contributed by atoms with Crippen LogP contribution in [0.4, 0.5) is 0 Å². The SMILES string of the molecule is O=C(Cc1ccc2c(c1)OCO2)N1CCC[C@@H](Cn2nnc(-c3cccs3)n2)C1. The number of benzene rings is 1. The van der Waals surface area contributed by atoms with Crippen LogP contribution in [-0.2, 0) is 17.8 Å². The molecule has 3 aromatic rings. The standard InChI is InChI=1S/C20H21N5O3S/c26-19(10-14-5-6-16-17(9-14)28-13-27-16)24-7-1-3-15(11-24)12-25-22-20(21-23-25)18-4-2-8-29-18/h2,4-6,8-9,15H,1,3,7,10-13H2/t15-/m1/s1. The number of aromatic nitrogens is 4. The molecule has 1 aromatic carbocycles. The molecule has 1 atom stereocenters. The Morgan fingerprint density at radius 3 is 3.07 bits per heavy atom. The maximum absolute atomic E-state index is 12.8. The van der Waals surface area contributed by atoms with Gasteiger partial charge in [0, 0.05) is 13.1 Å². The van der Waals surface area contributed by atoms with Gasteiger partial charge in [0.1, 0.15) is 0 Å². The minimum atomic E-state index is 0.138. The number of carbonyl (C=O) groups excluding carboxylic acids is 1. The molecule has 9 heteroatoms. The van der Waals surface area contributed by atoms with Gasteiger partial charge >= 0.3 is 0 Å². The van der Waals surface area contributed by atoms with E-state index >= 15 is 0 Å². The first-order chi connectivity index (χ1) is 14.2. The maximum atomic E-state index is 12.8. The Bertz CT molecular complexity index is 1000. The zero-order chi connectivity index (χ0) is 19.6. The van der Waals surface area contributed by atoms with E-state index in [1.54, 1.807) is 16.1 Å². The number of fused-ring (bicyclic) bond motifs is 1. The first-order valence-electron chi connectivity index (χ1n) is 9.72. The first-order valence-corrected chi connectivity index (χ1v) is 10.6. The molecule has 2 aromatic heterocycles. The van der Waals surface area contributed by atoms with Crippen molar-refractivity contribution in [1.82, 2.24) is 25.1 Å². The smallest absolute Gasteiger partial charge is 0.231 e. The van der Waals surface area contributed by atoms with E-state index in [1.807, 2.05) is 40.6 Å². The Morgan fingerprint density at radius 1 is 1.24 bits per heavy atom. The second kappa shape index (κ2) is 7.82. The Labute approximate surface area is 172 Å². The molecule has 8 nitrogen and oxygen atoms in total. The van der Waals surface area contributed by atoms with Gasteiger partial charge in [-0.05, 0) is 53.1 Å². The van der Waals surface area contributed by atoms with Gasteiger partial charge < -0.3 is 14.4 Å². The van der Waals surface area contributed by atoms with Crippen LogP contribution in [-0.4, -0.2) is 50.9 Å². The maximum Gasteiger partial charge on any atom is 0.231 e. The molecular formula is C20H21N5O3S. The number of piperidine rings is 1. The van der Waals surface area contributed by atoms with Crippen LogP contribution in [0.25, 0.3) is 10.7 Å². The highest BCUT2D eigenvalue weighted by atomic mass is 32.1. The third-order valence-electron chi connectivity index (χ3n) is 5.28. The largest absolute Gasteiger partial charge is 0.454 e. The molecule has 0 radical (unpaired) electrons. The summed E-state index contributed by atoms with van der Waals surface area (Å²) in [5.74, 6) is 2.58. The summed E-state index contributed by atoms with van der Waals surface area (Å²) >= 11 is 1.60. The van der Waals surface area contributed by atoms with Crippen LogP contribution in [0.5, 0.6) is 11.5 Å². The molecule has 2 aliphatic rings. The average molecular weight is 411 g/mol. The number of tetrazole rings is 1. The molecule has 5 rings (SSSR count). The third kappa shape index (κ3) is 3.95. The molecular weight excluding hydrogens is 390 g/mol. The van der Waals surface area contributed by atoms with Gasteiger partial charge in [-0.3, -0.25) is 4.79 Å². The second-order valence-electron chi connectivity index (χ2n) is 7.36. The Morgan fingerprint density at radius 2 is 2.17 bits per heavy atom. The molecule has 0 aliphatic carbocycles. The lowest BCUT2D eigenvalue weighted by atomic mass is 9.97. The van der Waals surface area contributed by atoms with E-state index in [9.17, 15) is 4.79 Å². The van der Waals surface area contributed by atoms with Crippen molar-refractivity contribution in [1.29, 1.82) is 0 Å². The summed E-state index contributed by atoms with van der Waals surface area (Å²) in [6.45, 7) is 2.43. The van der Waals surface area contributed by atoms with E-state index in [0.717, 1.165) is 42.1 Å². The van der Waals surface area contributed by atoms with Crippen molar-refractivity contribution in [2.75, 3.05) is 19.9 Å². The van der Waals surface area contributed by atoms with Crippen molar-refractivity contribution in [3.8, 4) is 22.2 Å². The zero-order valence-corrected chi connectivity index (χ0v) is 16.7. The minimum absolute atomic E-state index is 0.138. The molecule has 1 amide bonds. The number of carbonyl (C=O) groups is 1. The summed E-state index contributed by atoms with van der Waals surface area (Å²) < 4.78 is 10.7. The summed E-state index contributed by atoms with van der Waals surface area (Å²) in [7, 11) is 0. The van der Waals surface area contributed by atoms with Crippen molar-refractivity contribution < 1.29 is 14.3 Å². The number of ether oxygens (including phenoxy) is 2. The van der Waals surface area contributed by atoms with Crippen molar-refractivity contribution in [3.63, 3.8) is 0 Å². The van der Waals surface area contributed by atoms with Crippen molar-refractivity contribution >= 4 is 17.2 Å². The van der Waals surface area contributed by atoms with Gasteiger partial charge in [0.15, 0.2) is 11.5 Å². The fraction of sp³-hybridized carbons (Fsp3) is 0.400. The summed E-state index contributed by atoms with van der Waals surface area (Å²) in [5, 5.41) is 14.8. The van der Waals surface area contributed by atoms with Crippen LogP contribution in [0.2, 0.25) is 0 Å². The van der Waals surface area contributed by atoms with E-state index in [4.69, 9.17) is 9.47 Å². The second-order valence-corrected chi connectivity index (χ2v) is 8.31. The van der Waals surface area contributed by atoms with E-state index in [0.29, 0.717) is 30.5 Å². The molecule has 1 fully saturated rings. The van der Waals surface area contributed by atoms with E-state index in [-0.39, 0.29) is 12.7 Å². The van der Waals surface area contributed by atoms with Gasteiger partial charge in [-0.2, -0.15) is 4.80 Å². The predicted octanol–water partition coefficient (Wildman–Crippen LogP) is 2.61. The van der Waals surface area contributed by atoms with Crippen molar-refractivity contribution in [3.05, 3.63) is 41.3 Å². The summed E-state index contributed by atoms with van der Waals surface area (Å²) in [6.07, 6.45) is 2.42. The predicted molar refractivity (Wildman–Crippen MR) is 107 cm³/mol. The molecule has 2 aliphatic heterocycles. The van der Waals surface area contributed by atoms with Gasteiger partial charge in [-0.15, -0.1) is 21.5 Å². The van der Waals surface area contributed by atoms with Gasteiger partial charge in [-0.25, -0.2) is 0 Å². The monoisotopic (exact) mass is 411 g/mol. The van der Waals surface area contributed by atoms with E-state index < -0.39 is 0 Å². The van der Waals surface area contributed by atoms with Crippen LogP contribution in [0.1, 0.15) is 18.4 Å². The van der Waals surface area contributed by atoms with E-state index in [1.165, 1.54) is 0 Å². The Balaban J connectivity index is 1.20. The molecule has 0 saturated carbocycles. The quantitative estimate of drug-likeness (QED) is 0.642. The topological polar surface area (TPSA) is 82.4 Å². The lowest BCUT2D eigenvalue weighted by Crippen LogP contribution is -2.42. The zero-order valence-electron chi connectivity index (χ0n) is 15.9. The molecule has 1 saturated heterocycles. The van der Waals surface area contributed by atoms with Crippen LogP contribution in [0, 0.1) is 5.92 Å². The minimum Gasteiger partial charge on any atom is -0.454 e. The van der Waals surface area contributed by atoms with Crippen LogP contribution in [0.3, 0.4) is 0 Å². The number of hydrogen-bond acceptors (Lipinski definition) is 7. The van der Waals surface area contributed by atoms with Gasteiger partial charge in [0.25, 0.3) is 0 Å². The molecule has 0 N–H and O–H groups in total. The summed E-state index contributed by atoms with van der Waals surface area (Å²) in [4.78, 5) is 17.5. The lowest BCUT2D eigenvalue weighted by molar-refractivity contribution is -0.132. The van der Waals surface area contributed by atoms with Crippen LogP contribution < -0.4 is 9.47 Å². The molecule has 0 bridgehead atoms. The number of likely N-dealkylation sites (tertiary alicyclic amines) is 1. The van der Waals surface area contributed by atoms with Crippen molar-refractivity contribution in [2.24, 2.45) is 5.92 Å². The third-order valence-corrected chi connectivity index (χ3v) is 6.15. The molecule has 29 heavy (non-hydrogen) atoms. The van der Waals surface area contributed by atoms with Crippen LogP contribution in [0.15, 0.2) is 35.7 Å². The fourth-order valence-electron chi connectivity index (χ4n) is 3.83. The normalized spacial score (nSPS) is 18.2. The van der Waals surface area contributed by atoms with Gasteiger partial charge in [0.05, 0.1) is 17.8 Å². The van der Waals surface area contributed by atoms with Crippen molar-refractivity contribution in [2.45, 2.75) is 25.8 Å². The number of hydrogen-bond donors (Lipinski definition) is 0. The number of rotatable bonds is 5. The van der Waals surface area contributed by atoms with Crippen LogP contribution >= 0.6 is 11.3 Å². The summed E-state index contributed by atoms with van der Waals surface area (Å²) in [5.41, 5.74) is 0.944. The van der Waals surface area contributed by atoms with Gasteiger partial charge in [-0.1, -0.05) is 12.1 Å². The molecule has 150 valence electrons. The number of nitrogens with zero attached hydrogens (tertiary/aromatic N) is 5. The highest BCUT2D eigenvalue weighted by Crippen LogP contribution is 2.32. The molecule has 0 unspecified atom stereocenters. The average Bonchev–Trinajstić information content (AvgIpc) is 3.49. The highest BCUT2D eigenvalue weighted by molar-refractivity contribution is 7.13. The van der Waals surface area contributed by atoms with E-state index in [2.05, 4.69) is 15.4 Å². The lowest BCUT2D eigenvalue weighted by Gasteiger charge is -2.32. The number of thiophene rings is 1. The fourth-order valence-corrected chi connectivity index (χ4v) is 4.48. The molecule has 0 spiro atoms.